The van der Waals surface area contributed by atoms with Crippen LogP contribution in [0.1, 0.15) is 16.8 Å². The maximum Gasteiger partial charge on any atom is 0.251 e. The first kappa shape index (κ1) is 14.9. The van der Waals surface area contributed by atoms with Gasteiger partial charge in [0.25, 0.3) is 5.91 Å². The van der Waals surface area contributed by atoms with E-state index in [-0.39, 0.29) is 12.3 Å². The van der Waals surface area contributed by atoms with Gasteiger partial charge in [-0.1, -0.05) is 44.5 Å². The van der Waals surface area contributed by atoms with E-state index in [1.54, 1.807) is 18.2 Å². The van der Waals surface area contributed by atoms with Gasteiger partial charge in [0.05, 0.1) is 0 Å². The van der Waals surface area contributed by atoms with E-state index < -0.39 is 11.9 Å². The van der Waals surface area contributed by atoms with Crippen LogP contribution in [0.3, 0.4) is 0 Å². The van der Waals surface area contributed by atoms with Crippen LogP contribution in [0.15, 0.2) is 39.8 Å². The highest BCUT2D eigenvalue weighted by Gasteiger charge is 2.19. The molecule has 0 aliphatic carbocycles. The Labute approximate surface area is 122 Å². The van der Waals surface area contributed by atoms with Crippen molar-refractivity contribution in [3.05, 3.63) is 45.4 Å². The molecule has 1 aromatic carbocycles. The van der Waals surface area contributed by atoms with E-state index in [1.165, 1.54) is 0 Å². The topological polar surface area (TPSA) is 72.2 Å². The number of halogens is 2. The molecule has 3 N–H and O–H groups in total. The predicted octanol–water partition coefficient (Wildman–Crippen LogP) is 2.33. The average Bonchev–Trinajstić information content (AvgIpc) is 2.27. The Morgan fingerprint density at radius 3 is 2.61 bits per heavy atom. The minimum atomic E-state index is -0.775. The van der Waals surface area contributed by atoms with E-state index in [4.69, 9.17) is 5.73 Å². The molecule has 0 fully saturated rings. The number of amides is 2. The van der Waals surface area contributed by atoms with Crippen LogP contribution in [0.25, 0.3) is 0 Å². The Morgan fingerprint density at radius 2 is 2.11 bits per heavy atom. The maximum absolute atomic E-state index is 11.9. The number of rotatable bonds is 5. The van der Waals surface area contributed by atoms with Gasteiger partial charge < -0.3 is 11.1 Å². The molecule has 0 heterocycles. The number of nitrogens with two attached hydrogens (primary N) is 1. The fourth-order valence-corrected chi connectivity index (χ4v) is 2.04. The van der Waals surface area contributed by atoms with E-state index in [0.717, 1.165) is 4.47 Å². The summed E-state index contributed by atoms with van der Waals surface area (Å²) in [5.74, 6) is -0.951. The first-order valence-electron chi connectivity index (χ1n) is 5.09. The summed E-state index contributed by atoms with van der Waals surface area (Å²) >= 11 is 6.41. The van der Waals surface area contributed by atoms with Gasteiger partial charge >= 0.3 is 0 Å². The van der Waals surface area contributed by atoms with Crippen molar-refractivity contribution < 1.29 is 9.59 Å². The van der Waals surface area contributed by atoms with E-state index in [2.05, 4.69) is 43.8 Å². The van der Waals surface area contributed by atoms with Crippen molar-refractivity contribution in [2.45, 2.75) is 12.5 Å². The molecule has 0 spiro atoms. The lowest BCUT2D eigenvalue weighted by molar-refractivity contribution is -0.119. The highest BCUT2D eigenvalue weighted by Crippen LogP contribution is 2.13. The predicted molar refractivity (Wildman–Crippen MR) is 77.3 cm³/mol. The highest BCUT2D eigenvalue weighted by atomic mass is 79.9. The summed E-state index contributed by atoms with van der Waals surface area (Å²) in [5, 5.41) is 2.57. The first-order valence-corrected chi connectivity index (χ1v) is 6.67. The second kappa shape index (κ2) is 6.70. The summed E-state index contributed by atoms with van der Waals surface area (Å²) in [4.78, 5) is 23.1. The molecule has 1 aromatic rings. The Hall–Kier alpha value is -1.14. The van der Waals surface area contributed by atoms with Gasteiger partial charge in [-0.3, -0.25) is 9.59 Å². The number of hydrogen-bond donors (Lipinski definition) is 2. The van der Waals surface area contributed by atoms with Gasteiger partial charge in [-0.15, -0.1) is 0 Å². The second-order valence-corrected chi connectivity index (χ2v) is 5.70. The van der Waals surface area contributed by atoms with Crippen LogP contribution in [0.5, 0.6) is 0 Å². The third-order valence-electron chi connectivity index (χ3n) is 2.16. The third kappa shape index (κ3) is 4.62. The van der Waals surface area contributed by atoms with Crippen LogP contribution in [0, 0.1) is 0 Å². The molecule has 2 amide bonds. The summed E-state index contributed by atoms with van der Waals surface area (Å²) in [6, 6.07) is 6.09. The van der Waals surface area contributed by atoms with Crippen molar-refractivity contribution in [3.63, 3.8) is 0 Å². The van der Waals surface area contributed by atoms with Gasteiger partial charge in [0, 0.05) is 16.5 Å². The molecular formula is C12H12Br2N2O2. The van der Waals surface area contributed by atoms with Crippen molar-refractivity contribution in [1.29, 1.82) is 0 Å². The summed E-state index contributed by atoms with van der Waals surface area (Å²) in [6.45, 7) is 3.62. The fourth-order valence-electron chi connectivity index (χ4n) is 1.32. The Morgan fingerprint density at radius 1 is 1.44 bits per heavy atom. The normalized spacial score (nSPS) is 11.7. The van der Waals surface area contributed by atoms with Crippen LogP contribution in [0.4, 0.5) is 0 Å². The average molecular weight is 376 g/mol. The number of carbonyl (C=O) groups excluding carboxylic acids is 2. The lowest BCUT2D eigenvalue weighted by atomic mass is 10.1. The molecule has 0 unspecified atom stereocenters. The zero-order valence-corrected chi connectivity index (χ0v) is 12.6. The van der Waals surface area contributed by atoms with Gasteiger partial charge in [0.1, 0.15) is 6.04 Å². The van der Waals surface area contributed by atoms with E-state index >= 15 is 0 Å². The van der Waals surface area contributed by atoms with E-state index in [9.17, 15) is 9.59 Å². The van der Waals surface area contributed by atoms with Crippen molar-refractivity contribution in [2.75, 3.05) is 0 Å². The third-order valence-corrected chi connectivity index (χ3v) is 2.98. The summed E-state index contributed by atoms with van der Waals surface area (Å²) in [7, 11) is 0. The van der Waals surface area contributed by atoms with Gasteiger partial charge in [-0.25, -0.2) is 0 Å². The summed E-state index contributed by atoms with van der Waals surface area (Å²) < 4.78 is 1.39. The van der Waals surface area contributed by atoms with Crippen molar-refractivity contribution in [1.82, 2.24) is 5.32 Å². The molecule has 6 heteroatoms. The smallest absolute Gasteiger partial charge is 0.251 e. The number of nitrogens with one attached hydrogen (secondary N) is 1. The van der Waals surface area contributed by atoms with Crippen molar-refractivity contribution in [2.24, 2.45) is 5.73 Å². The second-order valence-electron chi connectivity index (χ2n) is 3.66. The monoisotopic (exact) mass is 374 g/mol. The zero-order valence-electron chi connectivity index (χ0n) is 9.45. The molecule has 0 saturated heterocycles. The molecular weight excluding hydrogens is 364 g/mol. The number of benzene rings is 1. The summed E-state index contributed by atoms with van der Waals surface area (Å²) in [6.07, 6.45) is 0.259. The van der Waals surface area contributed by atoms with Crippen LogP contribution >= 0.6 is 31.9 Å². The van der Waals surface area contributed by atoms with Gasteiger partial charge in [-0.2, -0.15) is 0 Å². The van der Waals surface area contributed by atoms with Crippen molar-refractivity contribution in [3.8, 4) is 0 Å². The molecule has 4 nitrogen and oxygen atoms in total. The zero-order chi connectivity index (χ0) is 13.7. The Bertz CT molecular complexity index is 489. The fraction of sp³-hybridized carbons (Fsp3) is 0.167. The number of carbonyl (C=O) groups is 2. The lowest BCUT2D eigenvalue weighted by Gasteiger charge is -2.14. The lowest BCUT2D eigenvalue weighted by Crippen LogP contribution is -2.44. The molecule has 18 heavy (non-hydrogen) atoms. The number of primary amides is 1. The van der Waals surface area contributed by atoms with Gasteiger partial charge in [0.15, 0.2) is 0 Å². The van der Waals surface area contributed by atoms with E-state index in [1.807, 2.05) is 6.07 Å². The van der Waals surface area contributed by atoms with Gasteiger partial charge in [-0.05, 0) is 22.7 Å². The van der Waals surface area contributed by atoms with Crippen LogP contribution < -0.4 is 11.1 Å². The minimum Gasteiger partial charge on any atom is -0.368 e. The highest BCUT2D eigenvalue weighted by molar-refractivity contribution is 9.11. The molecule has 96 valence electrons. The maximum atomic E-state index is 11.9. The van der Waals surface area contributed by atoms with Gasteiger partial charge in [0.2, 0.25) is 5.91 Å². The Balaban J connectivity index is 2.78. The van der Waals surface area contributed by atoms with Crippen LogP contribution in [0.2, 0.25) is 0 Å². The van der Waals surface area contributed by atoms with Crippen molar-refractivity contribution >= 4 is 43.7 Å². The first-order chi connectivity index (χ1) is 8.40. The molecule has 0 aromatic heterocycles. The quantitative estimate of drug-likeness (QED) is 0.828. The number of hydrogen-bond acceptors (Lipinski definition) is 2. The van der Waals surface area contributed by atoms with Crippen LogP contribution in [-0.4, -0.2) is 17.9 Å². The molecule has 0 saturated carbocycles. The van der Waals surface area contributed by atoms with E-state index in [0.29, 0.717) is 10.0 Å². The molecule has 0 aliphatic rings. The van der Waals surface area contributed by atoms with Crippen LogP contribution in [-0.2, 0) is 4.79 Å². The largest absolute Gasteiger partial charge is 0.368 e. The SMILES string of the molecule is C=C(Br)C[C@H](NC(=O)c1cccc(Br)c1)C(N)=O. The molecule has 0 radical (unpaired) electrons. The standard InChI is InChI=1S/C12H12Br2N2O2/c1-7(13)5-10(11(15)17)16-12(18)8-3-2-4-9(14)6-8/h2-4,6,10H,1,5H2,(H2,15,17)(H,16,18)/t10-/m0/s1. The summed E-state index contributed by atoms with van der Waals surface area (Å²) in [5.41, 5.74) is 5.67. The molecule has 1 atom stereocenters. The molecule has 1 rings (SSSR count). The molecule has 0 bridgehead atoms. The minimum absolute atomic E-state index is 0.259. The molecule has 0 aliphatic heterocycles. The Kier molecular flexibility index (Phi) is 5.55.